The Balaban J connectivity index is 0.00000484. The number of rotatable bonds is 7. The fourth-order valence-corrected chi connectivity index (χ4v) is 1.56. The van der Waals surface area contributed by atoms with Crippen molar-refractivity contribution in [2.45, 2.75) is 33.0 Å². The zero-order valence-corrected chi connectivity index (χ0v) is 15.6. The molecule has 1 aromatic rings. The lowest BCUT2D eigenvalue weighted by atomic mass is 10.4. The molecule has 134 valence electrons. The minimum atomic E-state index is -4.28. The molecule has 0 aliphatic carbocycles. The number of aryl methyl sites for hydroxylation is 2. The normalized spacial score (nSPS) is 12.0. The van der Waals surface area contributed by atoms with E-state index in [1.165, 1.54) is 0 Å². The van der Waals surface area contributed by atoms with Gasteiger partial charge in [0.05, 0.1) is 12.2 Å². The summed E-state index contributed by atoms with van der Waals surface area (Å²) in [4.78, 5) is 8.22. The van der Waals surface area contributed by atoms with Crippen LogP contribution in [-0.4, -0.2) is 43.9 Å². The van der Waals surface area contributed by atoms with Crippen LogP contribution in [0.5, 0.6) is 0 Å². The van der Waals surface area contributed by atoms with E-state index in [4.69, 9.17) is 4.42 Å². The fourth-order valence-electron chi connectivity index (χ4n) is 1.56. The summed E-state index contributed by atoms with van der Waals surface area (Å²) in [5.74, 6) is 1.83. The smallest absolute Gasteiger partial charge is 0.411 e. The maximum Gasteiger partial charge on any atom is 0.411 e. The molecule has 0 saturated heterocycles. The molecule has 0 unspecified atom stereocenters. The molecule has 10 heteroatoms. The zero-order valence-electron chi connectivity index (χ0n) is 13.3. The van der Waals surface area contributed by atoms with Crippen LogP contribution in [0.15, 0.2) is 9.41 Å². The van der Waals surface area contributed by atoms with Crippen molar-refractivity contribution in [2.75, 3.05) is 26.8 Å². The molecule has 0 atom stereocenters. The van der Waals surface area contributed by atoms with Gasteiger partial charge in [0.2, 0.25) is 5.89 Å². The Morgan fingerprint density at radius 1 is 1.30 bits per heavy atom. The van der Waals surface area contributed by atoms with E-state index in [0.29, 0.717) is 31.4 Å². The molecule has 2 N–H and O–H groups in total. The first kappa shape index (κ1) is 22.0. The van der Waals surface area contributed by atoms with Gasteiger partial charge in [-0.2, -0.15) is 13.2 Å². The molecule has 1 rings (SSSR count). The van der Waals surface area contributed by atoms with Crippen molar-refractivity contribution in [2.24, 2.45) is 4.99 Å². The largest absolute Gasteiger partial charge is 0.444 e. The molecular formula is C13H22F3IN4O2. The summed E-state index contributed by atoms with van der Waals surface area (Å²) in [5, 5.41) is 5.97. The molecular weight excluding hydrogens is 428 g/mol. The Kier molecular flexibility index (Phi) is 10.2. The third-order valence-electron chi connectivity index (χ3n) is 2.73. The van der Waals surface area contributed by atoms with Crippen LogP contribution in [0.4, 0.5) is 13.2 Å². The van der Waals surface area contributed by atoms with E-state index in [1.807, 2.05) is 13.8 Å². The van der Waals surface area contributed by atoms with E-state index < -0.39 is 12.8 Å². The Bertz CT molecular complexity index is 473. The van der Waals surface area contributed by atoms with Gasteiger partial charge >= 0.3 is 6.18 Å². The van der Waals surface area contributed by atoms with Gasteiger partial charge in [0.25, 0.3) is 0 Å². The first-order valence-corrected chi connectivity index (χ1v) is 6.83. The Morgan fingerprint density at radius 3 is 2.52 bits per heavy atom. The molecule has 0 aliphatic rings. The highest BCUT2D eigenvalue weighted by Crippen LogP contribution is 2.14. The van der Waals surface area contributed by atoms with Crippen LogP contribution in [0.25, 0.3) is 0 Å². The molecule has 6 nitrogen and oxygen atoms in total. The van der Waals surface area contributed by atoms with Gasteiger partial charge < -0.3 is 19.8 Å². The van der Waals surface area contributed by atoms with E-state index >= 15 is 0 Å². The molecule has 0 radical (unpaired) electrons. The molecule has 0 spiro atoms. The molecule has 0 amide bonds. The van der Waals surface area contributed by atoms with E-state index in [9.17, 15) is 13.2 Å². The van der Waals surface area contributed by atoms with Gasteiger partial charge in [0, 0.05) is 20.2 Å². The topological polar surface area (TPSA) is 71.7 Å². The molecule has 0 aliphatic heterocycles. The van der Waals surface area contributed by atoms with Crippen LogP contribution >= 0.6 is 24.0 Å². The van der Waals surface area contributed by atoms with Crippen molar-refractivity contribution in [3.05, 3.63) is 17.3 Å². The van der Waals surface area contributed by atoms with Crippen molar-refractivity contribution in [1.29, 1.82) is 0 Å². The average molecular weight is 450 g/mol. The van der Waals surface area contributed by atoms with Crippen LogP contribution in [0.2, 0.25) is 0 Å². The van der Waals surface area contributed by atoms with Crippen molar-refractivity contribution < 1.29 is 22.3 Å². The first-order valence-electron chi connectivity index (χ1n) is 6.83. The summed E-state index contributed by atoms with van der Waals surface area (Å²) in [5.41, 5.74) is 0.835. The molecule has 0 bridgehead atoms. The molecule has 0 saturated carbocycles. The van der Waals surface area contributed by atoms with E-state index in [-0.39, 0.29) is 30.6 Å². The average Bonchev–Trinajstić information content (AvgIpc) is 2.75. The maximum absolute atomic E-state index is 11.9. The number of aromatic nitrogens is 1. The number of hydrogen-bond donors (Lipinski definition) is 2. The van der Waals surface area contributed by atoms with Gasteiger partial charge in [-0.25, -0.2) is 4.98 Å². The molecule has 0 fully saturated rings. The number of ether oxygens (including phenoxy) is 1. The van der Waals surface area contributed by atoms with Gasteiger partial charge in [-0.1, -0.05) is 0 Å². The number of hydrogen-bond acceptors (Lipinski definition) is 4. The summed E-state index contributed by atoms with van der Waals surface area (Å²) in [6.07, 6.45) is -3.84. The summed E-state index contributed by atoms with van der Waals surface area (Å²) in [6.45, 7) is 3.32. The first-order chi connectivity index (χ1) is 10.3. The number of guanidine groups is 1. The van der Waals surface area contributed by atoms with E-state index in [1.54, 1.807) is 7.05 Å². The summed E-state index contributed by atoms with van der Waals surface area (Å²) in [6, 6.07) is 0. The second-order valence-corrected chi connectivity index (χ2v) is 4.62. The zero-order chi connectivity index (χ0) is 16.6. The monoisotopic (exact) mass is 450 g/mol. The predicted octanol–water partition coefficient (Wildman–Crippen LogP) is 2.54. The minimum Gasteiger partial charge on any atom is -0.444 e. The van der Waals surface area contributed by atoms with Crippen molar-refractivity contribution in [1.82, 2.24) is 15.6 Å². The number of alkyl halides is 3. The lowest BCUT2D eigenvalue weighted by Gasteiger charge is -2.11. The van der Waals surface area contributed by atoms with Gasteiger partial charge in [-0.15, -0.1) is 24.0 Å². The molecule has 0 aromatic carbocycles. The van der Waals surface area contributed by atoms with E-state index in [2.05, 4.69) is 25.3 Å². The number of nitrogens with zero attached hydrogens (tertiary/aromatic N) is 2. The van der Waals surface area contributed by atoms with Gasteiger partial charge in [-0.3, -0.25) is 4.99 Å². The predicted molar refractivity (Wildman–Crippen MR) is 91.1 cm³/mol. The van der Waals surface area contributed by atoms with Crippen LogP contribution in [0.3, 0.4) is 0 Å². The number of oxazole rings is 1. The highest BCUT2D eigenvalue weighted by atomic mass is 127. The van der Waals surface area contributed by atoms with Crippen LogP contribution < -0.4 is 10.6 Å². The molecule has 1 heterocycles. The maximum atomic E-state index is 11.9. The third kappa shape index (κ3) is 9.64. The van der Waals surface area contributed by atoms with E-state index in [0.717, 1.165) is 11.5 Å². The standard InChI is InChI=1S/C13H21F3N4O2.HI/c1-9-10(2)22-11(20-9)7-19-12(17-3)18-5-4-6-21-8-13(14,15)16;/h4-8H2,1-3H3,(H2,17,18,19);1H. The third-order valence-corrected chi connectivity index (χ3v) is 2.73. The highest BCUT2D eigenvalue weighted by molar-refractivity contribution is 14.0. The van der Waals surface area contributed by atoms with Gasteiger partial charge in [-0.05, 0) is 20.3 Å². The minimum absolute atomic E-state index is 0. The number of halogens is 4. The fraction of sp³-hybridized carbons (Fsp3) is 0.692. The Labute approximate surface area is 150 Å². The van der Waals surface area contributed by atoms with Crippen LogP contribution in [-0.2, 0) is 11.3 Å². The summed E-state index contributed by atoms with van der Waals surface area (Å²) in [7, 11) is 1.60. The van der Waals surface area contributed by atoms with Crippen molar-refractivity contribution in [3.63, 3.8) is 0 Å². The number of aliphatic imine (C=N–C) groups is 1. The second kappa shape index (κ2) is 10.7. The quantitative estimate of drug-likeness (QED) is 0.289. The van der Waals surface area contributed by atoms with Gasteiger partial charge in [0.15, 0.2) is 5.96 Å². The van der Waals surface area contributed by atoms with Crippen molar-refractivity contribution in [3.8, 4) is 0 Å². The lowest BCUT2D eigenvalue weighted by molar-refractivity contribution is -0.173. The van der Waals surface area contributed by atoms with Gasteiger partial charge in [0.1, 0.15) is 12.4 Å². The van der Waals surface area contributed by atoms with Crippen molar-refractivity contribution >= 4 is 29.9 Å². The summed E-state index contributed by atoms with van der Waals surface area (Å²) < 4.78 is 45.5. The SMILES string of the molecule is CN=C(NCCCOCC(F)(F)F)NCc1nc(C)c(C)o1.I. The Hall–Kier alpha value is -1.04. The van der Waals surface area contributed by atoms with Crippen LogP contribution in [0.1, 0.15) is 23.8 Å². The lowest BCUT2D eigenvalue weighted by Crippen LogP contribution is -2.37. The summed E-state index contributed by atoms with van der Waals surface area (Å²) >= 11 is 0. The Morgan fingerprint density at radius 2 is 2.00 bits per heavy atom. The van der Waals surface area contributed by atoms with Crippen LogP contribution in [0, 0.1) is 13.8 Å². The highest BCUT2D eigenvalue weighted by Gasteiger charge is 2.27. The number of nitrogens with one attached hydrogen (secondary N) is 2. The molecule has 1 aromatic heterocycles. The second-order valence-electron chi connectivity index (χ2n) is 4.62. The molecule has 23 heavy (non-hydrogen) atoms.